The van der Waals surface area contributed by atoms with Gasteiger partial charge in [0.05, 0.1) is 0 Å². The molecule has 1 fully saturated rings. The molecule has 3 heteroatoms. The Kier molecular flexibility index (Phi) is 4.96. The molecule has 0 spiro atoms. The molecule has 0 bridgehead atoms. The minimum absolute atomic E-state index is 0.131. The van der Waals surface area contributed by atoms with Crippen molar-refractivity contribution in [2.24, 2.45) is 5.92 Å². The second-order valence-corrected chi connectivity index (χ2v) is 6.27. The van der Waals surface area contributed by atoms with Crippen molar-refractivity contribution in [3.63, 3.8) is 0 Å². The van der Waals surface area contributed by atoms with E-state index in [2.05, 4.69) is 6.92 Å². The molecule has 0 N–H and O–H groups in total. The topological polar surface area (TPSA) is 29.5 Å². The summed E-state index contributed by atoms with van der Waals surface area (Å²) in [5.41, 5.74) is 1.88. The maximum Gasteiger partial charge on any atom is 0.253 e. The first-order valence-electron chi connectivity index (χ1n) is 8.28. The molecule has 23 heavy (non-hydrogen) atoms. The largest absolute Gasteiger partial charge is 0.489 e. The van der Waals surface area contributed by atoms with Crippen molar-refractivity contribution in [3.05, 3.63) is 65.7 Å². The number of benzene rings is 2. The lowest BCUT2D eigenvalue weighted by Gasteiger charge is -2.30. The zero-order chi connectivity index (χ0) is 16.1. The van der Waals surface area contributed by atoms with Crippen LogP contribution < -0.4 is 4.74 Å². The predicted octanol–water partition coefficient (Wildman–Crippen LogP) is 4.14. The molecule has 1 heterocycles. The van der Waals surface area contributed by atoms with Gasteiger partial charge in [0.2, 0.25) is 0 Å². The molecule has 3 nitrogen and oxygen atoms in total. The number of likely N-dealkylation sites (tertiary alicyclic amines) is 1. The van der Waals surface area contributed by atoms with Crippen LogP contribution in [0.5, 0.6) is 5.75 Å². The number of nitrogens with zero attached hydrogens (tertiary/aromatic N) is 1. The molecule has 0 aromatic heterocycles. The Hall–Kier alpha value is -2.29. The second-order valence-electron chi connectivity index (χ2n) is 6.27. The van der Waals surface area contributed by atoms with Gasteiger partial charge in [-0.05, 0) is 48.6 Å². The van der Waals surface area contributed by atoms with Crippen LogP contribution in [-0.2, 0) is 6.61 Å². The fraction of sp³-hybridized carbons (Fsp3) is 0.350. The number of carbonyl (C=O) groups excluding carboxylic acids is 1. The summed E-state index contributed by atoms with van der Waals surface area (Å²) >= 11 is 0. The normalized spacial score (nSPS) is 15.4. The van der Waals surface area contributed by atoms with E-state index in [1.165, 1.54) is 0 Å². The van der Waals surface area contributed by atoms with E-state index >= 15 is 0 Å². The number of carbonyl (C=O) groups is 1. The highest BCUT2D eigenvalue weighted by atomic mass is 16.5. The first-order valence-corrected chi connectivity index (χ1v) is 8.28. The Labute approximate surface area is 137 Å². The quantitative estimate of drug-likeness (QED) is 0.849. The smallest absolute Gasteiger partial charge is 0.253 e. The molecule has 0 unspecified atom stereocenters. The molecule has 0 aliphatic carbocycles. The van der Waals surface area contributed by atoms with E-state index in [9.17, 15) is 4.79 Å². The van der Waals surface area contributed by atoms with Crippen LogP contribution >= 0.6 is 0 Å². The molecular formula is C20H23NO2. The number of piperidine rings is 1. The van der Waals surface area contributed by atoms with Gasteiger partial charge < -0.3 is 9.64 Å². The van der Waals surface area contributed by atoms with Gasteiger partial charge in [0, 0.05) is 18.7 Å². The van der Waals surface area contributed by atoms with Gasteiger partial charge in [-0.2, -0.15) is 0 Å². The van der Waals surface area contributed by atoms with Crippen LogP contribution in [0.4, 0.5) is 0 Å². The summed E-state index contributed by atoms with van der Waals surface area (Å²) in [6, 6.07) is 17.5. The predicted molar refractivity (Wildman–Crippen MR) is 91.5 cm³/mol. The monoisotopic (exact) mass is 309 g/mol. The molecule has 1 aliphatic heterocycles. The fourth-order valence-corrected chi connectivity index (χ4v) is 2.83. The SMILES string of the molecule is CC1CCN(C(=O)c2ccc(OCc3ccccc3)cc2)CC1. The lowest BCUT2D eigenvalue weighted by molar-refractivity contribution is 0.0697. The van der Waals surface area contributed by atoms with Crippen molar-refractivity contribution in [2.75, 3.05) is 13.1 Å². The average molecular weight is 309 g/mol. The third-order valence-corrected chi connectivity index (χ3v) is 4.42. The van der Waals surface area contributed by atoms with Crippen LogP contribution in [0.3, 0.4) is 0 Å². The van der Waals surface area contributed by atoms with Crippen LogP contribution in [0, 0.1) is 5.92 Å². The summed E-state index contributed by atoms with van der Waals surface area (Å²) in [4.78, 5) is 14.4. The minimum atomic E-state index is 0.131. The first-order chi connectivity index (χ1) is 11.2. The van der Waals surface area contributed by atoms with Gasteiger partial charge in [0.15, 0.2) is 0 Å². The number of hydrogen-bond donors (Lipinski definition) is 0. The summed E-state index contributed by atoms with van der Waals surface area (Å²) in [6.45, 7) is 4.53. The Morgan fingerprint density at radius 3 is 2.35 bits per heavy atom. The van der Waals surface area contributed by atoms with Gasteiger partial charge >= 0.3 is 0 Å². The van der Waals surface area contributed by atoms with E-state index in [1.54, 1.807) is 0 Å². The van der Waals surface area contributed by atoms with Crippen molar-refractivity contribution in [1.29, 1.82) is 0 Å². The Balaban J connectivity index is 1.57. The van der Waals surface area contributed by atoms with E-state index in [0.29, 0.717) is 6.61 Å². The van der Waals surface area contributed by atoms with E-state index < -0.39 is 0 Å². The van der Waals surface area contributed by atoms with Crippen molar-refractivity contribution >= 4 is 5.91 Å². The summed E-state index contributed by atoms with van der Waals surface area (Å²) in [6.07, 6.45) is 2.20. The molecule has 0 saturated carbocycles. The molecule has 1 aliphatic rings. The van der Waals surface area contributed by atoms with Gasteiger partial charge in [-0.3, -0.25) is 4.79 Å². The maximum absolute atomic E-state index is 12.5. The minimum Gasteiger partial charge on any atom is -0.489 e. The van der Waals surface area contributed by atoms with E-state index in [0.717, 1.165) is 48.7 Å². The molecular weight excluding hydrogens is 286 g/mol. The van der Waals surface area contributed by atoms with Crippen LogP contribution in [0.15, 0.2) is 54.6 Å². The molecule has 0 radical (unpaired) electrons. The van der Waals surface area contributed by atoms with Gasteiger partial charge in [0.25, 0.3) is 5.91 Å². The lowest BCUT2D eigenvalue weighted by atomic mass is 9.98. The maximum atomic E-state index is 12.5. The molecule has 3 rings (SSSR count). The van der Waals surface area contributed by atoms with E-state index in [-0.39, 0.29) is 5.91 Å². The van der Waals surface area contributed by atoms with Gasteiger partial charge in [-0.1, -0.05) is 37.3 Å². The highest BCUT2D eigenvalue weighted by molar-refractivity contribution is 5.94. The standard InChI is InChI=1S/C20H23NO2/c1-16-11-13-21(14-12-16)20(22)18-7-9-19(10-8-18)23-15-17-5-3-2-4-6-17/h2-10,16H,11-15H2,1H3. The molecule has 120 valence electrons. The molecule has 2 aromatic carbocycles. The Morgan fingerprint density at radius 1 is 1.04 bits per heavy atom. The zero-order valence-corrected chi connectivity index (χ0v) is 13.6. The third-order valence-electron chi connectivity index (χ3n) is 4.42. The first kappa shape index (κ1) is 15.6. The van der Waals surface area contributed by atoms with Crippen LogP contribution in [0.1, 0.15) is 35.7 Å². The molecule has 1 amide bonds. The summed E-state index contributed by atoms with van der Waals surface area (Å²) < 4.78 is 5.76. The Morgan fingerprint density at radius 2 is 1.70 bits per heavy atom. The summed E-state index contributed by atoms with van der Waals surface area (Å²) in [5.74, 6) is 1.65. The molecule has 0 atom stereocenters. The number of rotatable bonds is 4. The van der Waals surface area contributed by atoms with Crippen molar-refractivity contribution in [2.45, 2.75) is 26.4 Å². The second kappa shape index (κ2) is 7.32. The van der Waals surface area contributed by atoms with Gasteiger partial charge in [-0.15, -0.1) is 0 Å². The van der Waals surface area contributed by atoms with E-state index in [4.69, 9.17) is 4.74 Å². The van der Waals surface area contributed by atoms with Crippen molar-refractivity contribution in [1.82, 2.24) is 4.90 Å². The average Bonchev–Trinajstić information content (AvgIpc) is 2.61. The van der Waals surface area contributed by atoms with Crippen LogP contribution in [0.2, 0.25) is 0 Å². The highest BCUT2D eigenvalue weighted by Gasteiger charge is 2.21. The number of amides is 1. The molecule has 2 aromatic rings. The van der Waals surface area contributed by atoms with Crippen molar-refractivity contribution in [3.8, 4) is 5.75 Å². The molecule has 1 saturated heterocycles. The van der Waals surface area contributed by atoms with Crippen molar-refractivity contribution < 1.29 is 9.53 Å². The fourth-order valence-electron chi connectivity index (χ4n) is 2.83. The zero-order valence-electron chi connectivity index (χ0n) is 13.6. The van der Waals surface area contributed by atoms with E-state index in [1.807, 2.05) is 59.5 Å². The lowest BCUT2D eigenvalue weighted by Crippen LogP contribution is -2.37. The number of ether oxygens (including phenoxy) is 1. The highest BCUT2D eigenvalue weighted by Crippen LogP contribution is 2.20. The van der Waals surface area contributed by atoms with Gasteiger partial charge in [-0.25, -0.2) is 0 Å². The number of hydrogen-bond acceptors (Lipinski definition) is 2. The van der Waals surface area contributed by atoms with Gasteiger partial charge in [0.1, 0.15) is 12.4 Å². The summed E-state index contributed by atoms with van der Waals surface area (Å²) in [7, 11) is 0. The summed E-state index contributed by atoms with van der Waals surface area (Å²) in [5, 5.41) is 0. The Bertz CT molecular complexity index is 628. The third kappa shape index (κ3) is 4.13. The van der Waals surface area contributed by atoms with Crippen LogP contribution in [-0.4, -0.2) is 23.9 Å². The van der Waals surface area contributed by atoms with Crippen LogP contribution in [0.25, 0.3) is 0 Å².